The lowest BCUT2D eigenvalue weighted by molar-refractivity contribution is -0.383. The van der Waals surface area contributed by atoms with Crippen LogP contribution in [0.15, 0.2) is 12.1 Å². The molecule has 0 heterocycles. The van der Waals surface area contributed by atoms with Gasteiger partial charge >= 0.3 is 5.51 Å². The number of alkyl halides is 3. The van der Waals surface area contributed by atoms with E-state index >= 15 is 0 Å². The summed E-state index contributed by atoms with van der Waals surface area (Å²) in [6.45, 7) is -0.251. The van der Waals surface area contributed by atoms with E-state index in [0.29, 0.717) is 0 Å². The third kappa shape index (κ3) is 5.31. The molecule has 0 radical (unpaired) electrons. The van der Waals surface area contributed by atoms with Crippen LogP contribution in [-0.4, -0.2) is 28.6 Å². The van der Waals surface area contributed by atoms with Crippen LogP contribution < -0.4 is 11.1 Å². The second kappa shape index (κ2) is 6.85. The van der Waals surface area contributed by atoms with Gasteiger partial charge in [-0.2, -0.15) is 13.2 Å². The van der Waals surface area contributed by atoms with Crippen LogP contribution in [0.3, 0.4) is 0 Å². The predicted octanol–water partition coefficient (Wildman–Crippen LogP) is 2.81. The molecule has 1 aromatic carbocycles. The van der Waals surface area contributed by atoms with E-state index in [1.165, 1.54) is 0 Å². The molecule has 3 N–H and O–H groups in total. The minimum absolute atomic E-state index is 0.155. The Kier molecular flexibility index (Phi) is 5.67. The normalized spacial score (nSPS) is 11.2. The molecule has 0 aliphatic rings. The molecule has 0 fully saturated rings. The number of nitrogens with one attached hydrogen (secondary N) is 1. The van der Waals surface area contributed by atoms with Gasteiger partial charge in [0.15, 0.2) is 0 Å². The molecule has 11 heteroatoms. The Labute approximate surface area is 126 Å². The fourth-order valence-corrected chi connectivity index (χ4v) is 1.97. The highest BCUT2D eigenvalue weighted by Gasteiger charge is 2.27. The lowest BCUT2D eigenvalue weighted by atomic mass is 10.1. The Morgan fingerprint density at radius 1 is 1.48 bits per heavy atom. The average molecular weight is 344 g/mol. The molecule has 1 rings (SSSR count). The smallest absolute Gasteiger partial charge is 0.392 e. The third-order valence-corrected chi connectivity index (χ3v) is 3.27. The van der Waals surface area contributed by atoms with Crippen molar-refractivity contribution in [1.82, 2.24) is 5.32 Å². The van der Waals surface area contributed by atoms with Crippen molar-refractivity contribution in [2.24, 2.45) is 0 Å². The SMILES string of the molecule is Nc1c(Cl)cc(C(=O)NCCSC(F)(F)F)cc1[N+](=O)[O-]. The number of nitrogens with zero attached hydrogens (tertiary/aromatic N) is 1. The van der Waals surface area contributed by atoms with Crippen molar-refractivity contribution >= 4 is 40.6 Å². The molecule has 0 aromatic heterocycles. The molecular weight excluding hydrogens is 335 g/mol. The first-order chi connectivity index (χ1) is 9.61. The van der Waals surface area contributed by atoms with Crippen molar-refractivity contribution in [2.75, 3.05) is 18.0 Å². The zero-order chi connectivity index (χ0) is 16.2. The summed E-state index contributed by atoms with van der Waals surface area (Å²) in [5.74, 6) is -1.15. The maximum absolute atomic E-state index is 11.9. The number of hydrogen-bond acceptors (Lipinski definition) is 5. The molecule has 116 valence electrons. The van der Waals surface area contributed by atoms with Crippen LogP contribution in [0.1, 0.15) is 10.4 Å². The summed E-state index contributed by atoms with van der Waals surface area (Å²) in [5.41, 5.74) is 0.0224. The quantitative estimate of drug-likeness (QED) is 0.371. The molecule has 0 saturated carbocycles. The molecule has 0 saturated heterocycles. The number of rotatable bonds is 5. The van der Waals surface area contributed by atoms with Crippen LogP contribution in [0.4, 0.5) is 24.5 Å². The fraction of sp³-hybridized carbons (Fsp3) is 0.300. The van der Waals surface area contributed by atoms with Gasteiger partial charge in [0.05, 0.1) is 9.95 Å². The maximum Gasteiger partial charge on any atom is 0.441 e. The standard InChI is InChI=1S/C10H9ClF3N3O3S/c11-6-3-5(4-7(8(6)15)17(19)20)9(18)16-1-2-21-10(12,13)14/h3-4H,1-2,15H2,(H,16,18). The van der Waals surface area contributed by atoms with Crippen molar-refractivity contribution in [3.8, 4) is 0 Å². The fourth-order valence-electron chi connectivity index (χ4n) is 1.32. The van der Waals surface area contributed by atoms with E-state index in [-0.39, 0.29) is 40.3 Å². The van der Waals surface area contributed by atoms with E-state index in [9.17, 15) is 28.1 Å². The molecule has 1 amide bonds. The number of thioether (sulfide) groups is 1. The monoisotopic (exact) mass is 343 g/mol. The topological polar surface area (TPSA) is 98.3 Å². The zero-order valence-electron chi connectivity index (χ0n) is 10.2. The summed E-state index contributed by atoms with van der Waals surface area (Å²) < 4.78 is 35.7. The molecule has 0 atom stereocenters. The Balaban J connectivity index is 2.73. The lowest BCUT2D eigenvalue weighted by Crippen LogP contribution is -2.26. The van der Waals surface area contributed by atoms with E-state index in [1.807, 2.05) is 0 Å². The van der Waals surface area contributed by atoms with Gasteiger partial charge in [0.2, 0.25) is 0 Å². The number of nitrogen functional groups attached to an aromatic ring is 1. The maximum atomic E-state index is 11.9. The van der Waals surface area contributed by atoms with Crippen LogP contribution in [0.25, 0.3) is 0 Å². The van der Waals surface area contributed by atoms with Crippen molar-refractivity contribution in [3.05, 3.63) is 32.8 Å². The summed E-state index contributed by atoms with van der Waals surface area (Å²) in [4.78, 5) is 21.6. The van der Waals surface area contributed by atoms with Gasteiger partial charge in [-0.1, -0.05) is 11.6 Å². The largest absolute Gasteiger partial charge is 0.441 e. The summed E-state index contributed by atoms with van der Waals surface area (Å²) in [5, 5.41) is 12.7. The number of anilines is 1. The average Bonchev–Trinajstić information content (AvgIpc) is 2.35. The first-order valence-electron chi connectivity index (χ1n) is 5.34. The Morgan fingerprint density at radius 2 is 2.10 bits per heavy atom. The van der Waals surface area contributed by atoms with E-state index < -0.39 is 22.0 Å². The minimum atomic E-state index is -4.38. The van der Waals surface area contributed by atoms with E-state index in [1.54, 1.807) is 0 Å². The van der Waals surface area contributed by atoms with E-state index in [0.717, 1.165) is 12.1 Å². The van der Waals surface area contributed by atoms with E-state index in [4.69, 9.17) is 17.3 Å². The number of nitro benzene ring substituents is 1. The summed E-state index contributed by atoms with van der Waals surface area (Å²) in [7, 11) is 0. The molecule has 0 spiro atoms. The van der Waals surface area contributed by atoms with Crippen LogP contribution in [0.2, 0.25) is 5.02 Å². The number of nitro groups is 1. The Hall–Kier alpha value is -1.68. The van der Waals surface area contributed by atoms with E-state index in [2.05, 4.69) is 5.32 Å². The Morgan fingerprint density at radius 3 is 2.62 bits per heavy atom. The molecule has 21 heavy (non-hydrogen) atoms. The number of carbonyl (C=O) groups is 1. The molecule has 0 bridgehead atoms. The summed E-state index contributed by atoms with van der Waals surface area (Å²) in [6.07, 6.45) is 0. The number of hydrogen-bond donors (Lipinski definition) is 2. The van der Waals surface area contributed by atoms with Crippen LogP contribution >= 0.6 is 23.4 Å². The molecule has 0 unspecified atom stereocenters. The molecular formula is C10H9ClF3N3O3S. The van der Waals surface area contributed by atoms with Crippen LogP contribution in [0.5, 0.6) is 0 Å². The van der Waals surface area contributed by atoms with Gasteiger partial charge in [-0.3, -0.25) is 14.9 Å². The predicted molar refractivity (Wildman–Crippen MR) is 73.4 cm³/mol. The number of halogens is 4. The molecule has 1 aromatic rings. The van der Waals surface area contributed by atoms with Gasteiger partial charge in [0.25, 0.3) is 11.6 Å². The van der Waals surface area contributed by atoms with Gasteiger partial charge in [0.1, 0.15) is 5.69 Å². The highest BCUT2D eigenvalue weighted by atomic mass is 35.5. The van der Waals surface area contributed by atoms with Crippen molar-refractivity contribution in [1.29, 1.82) is 0 Å². The van der Waals surface area contributed by atoms with Gasteiger partial charge < -0.3 is 11.1 Å². The highest BCUT2D eigenvalue weighted by Crippen LogP contribution is 2.31. The zero-order valence-corrected chi connectivity index (χ0v) is 11.8. The molecule has 6 nitrogen and oxygen atoms in total. The third-order valence-electron chi connectivity index (χ3n) is 2.22. The first kappa shape index (κ1) is 17.4. The van der Waals surface area contributed by atoms with Gasteiger partial charge in [-0.25, -0.2) is 0 Å². The van der Waals surface area contributed by atoms with Crippen molar-refractivity contribution in [2.45, 2.75) is 5.51 Å². The van der Waals surface area contributed by atoms with Crippen LogP contribution in [0, 0.1) is 10.1 Å². The second-order valence-electron chi connectivity index (χ2n) is 3.70. The Bertz CT molecular complexity index is 568. The molecule has 0 aliphatic heterocycles. The highest BCUT2D eigenvalue weighted by molar-refractivity contribution is 8.00. The second-order valence-corrected chi connectivity index (χ2v) is 5.27. The number of benzene rings is 1. The number of nitrogens with two attached hydrogens (primary N) is 1. The van der Waals surface area contributed by atoms with Gasteiger partial charge in [-0.05, 0) is 17.8 Å². The minimum Gasteiger partial charge on any atom is -0.392 e. The van der Waals surface area contributed by atoms with Crippen molar-refractivity contribution in [3.63, 3.8) is 0 Å². The summed E-state index contributed by atoms with van der Waals surface area (Å²) >= 11 is 5.38. The first-order valence-corrected chi connectivity index (χ1v) is 6.70. The van der Waals surface area contributed by atoms with Gasteiger partial charge in [-0.15, -0.1) is 0 Å². The number of carbonyl (C=O) groups excluding carboxylic acids is 1. The van der Waals surface area contributed by atoms with Gasteiger partial charge in [0, 0.05) is 23.9 Å². The lowest BCUT2D eigenvalue weighted by Gasteiger charge is -2.08. The molecule has 0 aliphatic carbocycles. The van der Waals surface area contributed by atoms with Crippen LogP contribution in [-0.2, 0) is 0 Å². The summed E-state index contributed by atoms with van der Waals surface area (Å²) in [6, 6.07) is 2.02. The van der Waals surface area contributed by atoms with Crippen molar-refractivity contribution < 1.29 is 22.9 Å². The number of amides is 1.